The highest BCUT2D eigenvalue weighted by atomic mass is 16.5. The molecule has 0 aliphatic carbocycles. The maximum absolute atomic E-state index is 14.3. The Morgan fingerprint density at radius 2 is 1.84 bits per heavy atom. The predicted molar refractivity (Wildman–Crippen MR) is 143 cm³/mol. The second-order valence-corrected chi connectivity index (χ2v) is 9.07. The summed E-state index contributed by atoms with van der Waals surface area (Å²) in [4.78, 5) is 48.1. The zero-order chi connectivity index (χ0) is 26.1. The van der Waals surface area contributed by atoms with Crippen molar-refractivity contribution in [2.45, 2.75) is 39.3 Å². The maximum atomic E-state index is 14.3. The van der Waals surface area contributed by atoms with Gasteiger partial charge in [0.1, 0.15) is 0 Å². The molecule has 2 aromatic carbocycles. The number of hydrogen-bond acceptors (Lipinski definition) is 5. The second kappa shape index (κ2) is 9.89. The van der Waals surface area contributed by atoms with Crippen molar-refractivity contribution >= 4 is 27.8 Å². The molecule has 0 saturated heterocycles. The van der Waals surface area contributed by atoms with Gasteiger partial charge in [-0.1, -0.05) is 42.5 Å². The topological polar surface area (TPSA) is 99.0 Å². The second-order valence-electron chi connectivity index (χ2n) is 9.07. The minimum absolute atomic E-state index is 0.153. The molecule has 0 aliphatic heterocycles. The molecule has 0 amide bonds. The lowest BCUT2D eigenvalue weighted by atomic mass is 10.0. The number of esters is 1. The predicted octanol–water partition coefficient (Wildman–Crippen LogP) is 4.50. The number of rotatable bonds is 7. The Kier molecular flexibility index (Phi) is 6.48. The molecule has 3 aromatic heterocycles. The van der Waals surface area contributed by atoms with Crippen LogP contribution in [0.4, 0.5) is 0 Å². The number of carbonyl (C=O) groups is 1. The standard InChI is InChI=1S/C29H28N4O4/c1-4-37-26(34)15-25(20-10-6-5-7-11-20)33-28(35)22-16-30-14-13-24(22)32(29(33)36)19(3)21-17-31-23-12-8-9-18(2)27(21)23/h5-14,16-17,19,25,31H,4,15H2,1-3H3. The van der Waals surface area contributed by atoms with Crippen LogP contribution in [0.25, 0.3) is 21.8 Å². The van der Waals surface area contributed by atoms with Gasteiger partial charge in [0.05, 0.1) is 36.0 Å². The molecule has 2 unspecified atom stereocenters. The molecule has 1 N–H and O–H groups in total. The van der Waals surface area contributed by atoms with Crippen LogP contribution in [0, 0.1) is 6.92 Å². The molecule has 8 heteroatoms. The van der Waals surface area contributed by atoms with Gasteiger partial charge < -0.3 is 9.72 Å². The number of aromatic amines is 1. The third-order valence-corrected chi connectivity index (χ3v) is 6.86. The van der Waals surface area contributed by atoms with Crippen LogP contribution < -0.4 is 11.2 Å². The van der Waals surface area contributed by atoms with Crippen LogP contribution in [0.15, 0.2) is 82.8 Å². The van der Waals surface area contributed by atoms with E-state index in [0.717, 1.165) is 22.0 Å². The fourth-order valence-corrected chi connectivity index (χ4v) is 5.13. The summed E-state index contributed by atoms with van der Waals surface area (Å²) >= 11 is 0. The summed E-state index contributed by atoms with van der Waals surface area (Å²) in [7, 11) is 0. The van der Waals surface area contributed by atoms with Crippen LogP contribution in [0.1, 0.15) is 49.0 Å². The Labute approximate surface area is 213 Å². The van der Waals surface area contributed by atoms with E-state index in [-0.39, 0.29) is 13.0 Å². The zero-order valence-corrected chi connectivity index (χ0v) is 21.0. The lowest BCUT2D eigenvalue weighted by Crippen LogP contribution is -2.44. The molecule has 5 aromatic rings. The molecule has 2 atom stereocenters. The van der Waals surface area contributed by atoms with Gasteiger partial charge in [-0.05, 0) is 44.0 Å². The van der Waals surface area contributed by atoms with E-state index in [0.29, 0.717) is 16.5 Å². The number of nitrogens with zero attached hydrogens (tertiary/aromatic N) is 3. The summed E-state index contributed by atoms with van der Waals surface area (Å²) < 4.78 is 8.00. The summed E-state index contributed by atoms with van der Waals surface area (Å²) in [5, 5.41) is 1.34. The molecular formula is C29H28N4O4. The van der Waals surface area contributed by atoms with Crippen molar-refractivity contribution in [3.63, 3.8) is 0 Å². The van der Waals surface area contributed by atoms with Gasteiger partial charge in [-0.3, -0.25) is 23.7 Å². The molecule has 0 spiro atoms. The average Bonchev–Trinajstić information content (AvgIpc) is 3.34. The van der Waals surface area contributed by atoms with Crippen LogP contribution in [-0.2, 0) is 9.53 Å². The number of pyridine rings is 1. The number of nitrogens with one attached hydrogen (secondary N) is 1. The Balaban J connectivity index is 1.80. The Hall–Kier alpha value is -4.46. The highest BCUT2D eigenvalue weighted by Gasteiger charge is 2.27. The highest BCUT2D eigenvalue weighted by molar-refractivity contribution is 5.87. The first-order valence-electron chi connectivity index (χ1n) is 12.3. The number of hydrogen-bond donors (Lipinski definition) is 1. The summed E-state index contributed by atoms with van der Waals surface area (Å²) in [6.07, 6.45) is 4.80. The SMILES string of the molecule is CCOC(=O)CC(c1ccccc1)n1c(=O)c2cnccc2n(C(C)c2c[nH]c3cccc(C)c23)c1=O. The largest absolute Gasteiger partial charge is 0.466 e. The van der Waals surface area contributed by atoms with Crippen LogP contribution in [0.2, 0.25) is 0 Å². The molecule has 0 saturated carbocycles. The van der Waals surface area contributed by atoms with Crippen molar-refractivity contribution in [3.05, 3.63) is 111 Å². The monoisotopic (exact) mass is 496 g/mol. The van der Waals surface area contributed by atoms with Gasteiger partial charge in [0.15, 0.2) is 0 Å². The smallest absolute Gasteiger partial charge is 0.332 e. The summed E-state index contributed by atoms with van der Waals surface area (Å²) in [6, 6.07) is 15.5. The number of fused-ring (bicyclic) bond motifs is 2. The quantitative estimate of drug-likeness (QED) is 0.335. The molecule has 0 fully saturated rings. The van der Waals surface area contributed by atoms with Crippen molar-refractivity contribution in [2.24, 2.45) is 0 Å². The van der Waals surface area contributed by atoms with E-state index in [1.807, 2.05) is 56.4 Å². The molecule has 5 rings (SSSR count). The van der Waals surface area contributed by atoms with E-state index >= 15 is 0 Å². The van der Waals surface area contributed by atoms with E-state index < -0.39 is 29.3 Å². The molecule has 0 bridgehead atoms. The number of aromatic nitrogens is 4. The summed E-state index contributed by atoms with van der Waals surface area (Å²) in [6.45, 7) is 5.90. The third-order valence-electron chi connectivity index (χ3n) is 6.86. The summed E-state index contributed by atoms with van der Waals surface area (Å²) in [5.74, 6) is -0.485. The maximum Gasteiger partial charge on any atom is 0.332 e. The number of carbonyl (C=O) groups excluding carboxylic acids is 1. The van der Waals surface area contributed by atoms with Crippen LogP contribution in [0.3, 0.4) is 0 Å². The number of benzene rings is 2. The van der Waals surface area contributed by atoms with Crippen LogP contribution in [0.5, 0.6) is 0 Å². The minimum atomic E-state index is -0.840. The van der Waals surface area contributed by atoms with Gasteiger partial charge in [-0.25, -0.2) is 4.79 Å². The van der Waals surface area contributed by atoms with Gasteiger partial charge in [0.25, 0.3) is 5.56 Å². The molecule has 188 valence electrons. The highest BCUT2D eigenvalue weighted by Crippen LogP contribution is 2.30. The average molecular weight is 497 g/mol. The molecule has 0 aliphatic rings. The first kappa shape index (κ1) is 24.2. The number of H-pyrrole nitrogens is 1. The number of aryl methyl sites for hydroxylation is 1. The Morgan fingerprint density at radius 1 is 1.05 bits per heavy atom. The van der Waals surface area contributed by atoms with Crippen LogP contribution in [-0.4, -0.2) is 31.7 Å². The normalized spacial score (nSPS) is 13.1. The van der Waals surface area contributed by atoms with Crippen molar-refractivity contribution in [2.75, 3.05) is 6.61 Å². The Morgan fingerprint density at radius 3 is 2.59 bits per heavy atom. The van der Waals surface area contributed by atoms with Crippen molar-refractivity contribution in [1.29, 1.82) is 0 Å². The molecule has 8 nitrogen and oxygen atoms in total. The lowest BCUT2D eigenvalue weighted by Gasteiger charge is -2.24. The number of ether oxygens (including phenoxy) is 1. The van der Waals surface area contributed by atoms with Gasteiger partial charge in [0.2, 0.25) is 0 Å². The van der Waals surface area contributed by atoms with Crippen molar-refractivity contribution in [3.8, 4) is 0 Å². The molecule has 3 heterocycles. The minimum Gasteiger partial charge on any atom is -0.466 e. The van der Waals surface area contributed by atoms with E-state index in [2.05, 4.69) is 9.97 Å². The molecular weight excluding hydrogens is 468 g/mol. The van der Waals surface area contributed by atoms with Gasteiger partial charge >= 0.3 is 11.7 Å². The van der Waals surface area contributed by atoms with Crippen molar-refractivity contribution in [1.82, 2.24) is 19.1 Å². The van der Waals surface area contributed by atoms with Gasteiger partial charge in [-0.15, -0.1) is 0 Å². The zero-order valence-electron chi connectivity index (χ0n) is 21.0. The fraction of sp³-hybridized carbons (Fsp3) is 0.241. The van der Waals surface area contributed by atoms with E-state index in [9.17, 15) is 14.4 Å². The third kappa shape index (κ3) is 4.24. The Bertz CT molecular complexity index is 1720. The van der Waals surface area contributed by atoms with E-state index in [1.54, 1.807) is 35.9 Å². The summed E-state index contributed by atoms with van der Waals surface area (Å²) in [5.41, 5.74) is 3.14. The van der Waals surface area contributed by atoms with Crippen molar-refractivity contribution < 1.29 is 9.53 Å². The first-order chi connectivity index (χ1) is 17.9. The molecule has 0 radical (unpaired) electrons. The van der Waals surface area contributed by atoms with Crippen LogP contribution >= 0.6 is 0 Å². The van der Waals surface area contributed by atoms with E-state index in [4.69, 9.17) is 4.74 Å². The van der Waals surface area contributed by atoms with Gasteiger partial charge in [0, 0.05) is 35.1 Å². The lowest BCUT2D eigenvalue weighted by molar-refractivity contribution is -0.143. The first-order valence-corrected chi connectivity index (χ1v) is 12.3. The molecule has 37 heavy (non-hydrogen) atoms. The van der Waals surface area contributed by atoms with E-state index in [1.165, 1.54) is 10.8 Å². The fourth-order valence-electron chi connectivity index (χ4n) is 5.13. The van der Waals surface area contributed by atoms with Gasteiger partial charge in [-0.2, -0.15) is 0 Å².